The number of aryl methyl sites for hydroxylation is 1. The number of carbonyl (C=O) groups is 2. The third-order valence-electron chi connectivity index (χ3n) is 6.09. The Morgan fingerprint density at radius 2 is 1.94 bits per heavy atom. The predicted molar refractivity (Wildman–Crippen MR) is 136 cm³/mol. The summed E-state index contributed by atoms with van der Waals surface area (Å²) in [6.07, 6.45) is 6.67. The molecule has 0 aliphatic carbocycles. The van der Waals surface area contributed by atoms with Gasteiger partial charge in [-0.2, -0.15) is 5.10 Å². The molecule has 4 rings (SSSR count). The van der Waals surface area contributed by atoms with Crippen molar-refractivity contribution in [1.82, 2.24) is 30.3 Å². The highest BCUT2D eigenvalue weighted by molar-refractivity contribution is 5.96. The monoisotopic (exact) mass is 490 g/mol. The second-order valence-electron chi connectivity index (χ2n) is 8.94. The normalized spacial score (nSPS) is 15.4. The lowest BCUT2D eigenvalue weighted by Crippen LogP contribution is -2.37. The Morgan fingerprint density at radius 1 is 1.06 bits per heavy atom. The average Bonchev–Trinajstić information content (AvgIpc) is 3.40. The van der Waals surface area contributed by atoms with E-state index in [1.807, 2.05) is 48.5 Å². The van der Waals surface area contributed by atoms with Gasteiger partial charge in [-0.3, -0.25) is 19.2 Å². The number of ether oxygens (including phenoxy) is 1. The fourth-order valence-electron chi connectivity index (χ4n) is 4.27. The maximum absolute atomic E-state index is 13.2. The summed E-state index contributed by atoms with van der Waals surface area (Å²) in [6, 6.07) is 15.6. The molecule has 2 N–H and O–H groups in total. The van der Waals surface area contributed by atoms with Crippen LogP contribution in [0.3, 0.4) is 0 Å². The number of rotatable bonds is 7. The van der Waals surface area contributed by atoms with Crippen LogP contribution < -0.4 is 15.4 Å². The fourth-order valence-corrected chi connectivity index (χ4v) is 4.27. The lowest BCUT2D eigenvalue weighted by molar-refractivity contribution is -0.122. The third-order valence-corrected chi connectivity index (χ3v) is 6.09. The zero-order valence-corrected chi connectivity index (χ0v) is 20.6. The van der Waals surface area contributed by atoms with Crippen molar-refractivity contribution < 1.29 is 14.3 Å². The maximum Gasteiger partial charge on any atom is 0.251 e. The van der Waals surface area contributed by atoms with Gasteiger partial charge in [-0.05, 0) is 43.4 Å². The smallest absolute Gasteiger partial charge is 0.251 e. The van der Waals surface area contributed by atoms with Gasteiger partial charge in [-0.25, -0.2) is 4.98 Å². The topological polar surface area (TPSA) is 101 Å². The molecule has 2 amide bonds. The van der Waals surface area contributed by atoms with Gasteiger partial charge in [0.25, 0.3) is 5.91 Å². The van der Waals surface area contributed by atoms with Crippen LogP contribution in [0, 0.1) is 0 Å². The van der Waals surface area contributed by atoms with Crippen molar-refractivity contribution in [2.24, 2.45) is 0 Å². The Balaban J connectivity index is 1.53. The molecule has 2 heterocycles. The van der Waals surface area contributed by atoms with Crippen molar-refractivity contribution in [3.63, 3.8) is 0 Å². The van der Waals surface area contributed by atoms with Gasteiger partial charge < -0.3 is 15.4 Å². The van der Waals surface area contributed by atoms with Gasteiger partial charge in [0.05, 0.1) is 13.2 Å². The van der Waals surface area contributed by atoms with E-state index in [0.717, 1.165) is 36.8 Å². The number of hydrogen-bond donors (Lipinski definition) is 2. The number of nitrogens with one attached hydrogen (secondary N) is 2. The summed E-state index contributed by atoms with van der Waals surface area (Å²) < 4.78 is 7.90. The van der Waals surface area contributed by atoms with Crippen molar-refractivity contribution >= 4 is 11.8 Å². The van der Waals surface area contributed by atoms with Crippen LogP contribution in [0.25, 0.3) is 0 Å². The molecule has 0 bridgehead atoms. The zero-order chi connectivity index (χ0) is 25.0. The summed E-state index contributed by atoms with van der Waals surface area (Å²) in [7, 11) is 0. The lowest BCUT2D eigenvalue weighted by Gasteiger charge is -2.24. The van der Waals surface area contributed by atoms with Gasteiger partial charge in [0.1, 0.15) is 18.4 Å². The molecule has 0 atom stereocenters. The highest BCUT2D eigenvalue weighted by atomic mass is 16.5. The van der Waals surface area contributed by atoms with E-state index in [1.165, 1.54) is 6.33 Å². The van der Waals surface area contributed by atoms with E-state index < -0.39 is 0 Å². The summed E-state index contributed by atoms with van der Waals surface area (Å²) in [5.74, 6) is 0.535. The van der Waals surface area contributed by atoms with E-state index >= 15 is 0 Å². The number of fused-ring (bicyclic) bond motifs is 1. The molecule has 0 radical (unpaired) electrons. The molecular formula is C27H34N6O3. The maximum atomic E-state index is 13.2. The summed E-state index contributed by atoms with van der Waals surface area (Å²) in [5, 5.41) is 10.2. The minimum absolute atomic E-state index is 0.0114. The van der Waals surface area contributed by atoms with E-state index in [2.05, 4.69) is 25.6 Å². The van der Waals surface area contributed by atoms with Crippen LogP contribution in [-0.4, -0.2) is 57.7 Å². The molecule has 36 heavy (non-hydrogen) atoms. The molecule has 2 aromatic carbocycles. The Labute approximate surface area is 211 Å². The van der Waals surface area contributed by atoms with Crippen molar-refractivity contribution in [3.8, 4) is 5.75 Å². The minimum Gasteiger partial charge on any atom is -0.493 e. The van der Waals surface area contributed by atoms with Gasteiger partial charge in [-0.15, -0.1) is 0 Å². The molecule has 0 unspecified atom stereocenters. The molecule has 0 saturated heterocycles. The molecule has 0 saturated carbocycles. The third kappa shape index (κ3) is 7.64. The standard InChI is InChI=1S/C27H34N6O3/c34-26-19-32(17-22-9-3-1-4-10-22)18-24-23(27(35)30-14-8-15-33-21-28-20-31-33)11-7-12-25(24)36-16-6-2-5-13-29-26/h1,3-4,7,9-12,20-21H,2,5-6,8,13-19H2,(H,29,34)(H,30,35). The van der Waals surface area contributed by atoms with Crippen molar-refractivity contribution in [2.75, 3.05) is 26.2 Å². The molecule has 0 spiro atoms. The van der Waals surface area contributed by atoms with E-state index in [4.69, 9.17) is 4.74 Å². The first-order valence-corrected chi connectivity index (χ1v) is 12.6. The first kappa shape index (κ1) is 25.4. The van der Waals surface area contributed by atoms with E-state index in [9.17, 15) is 9.59 Å². The highest BCUT2D eigenvalue weighted by Gasteiger charge is 2.21. The molecular weight excluding hydrogens is 456 g/mol. The average molecular weight is 491 g/mol. The number of benzene rings is 2. The van der Waals surface area contributed by atoms with Crippen LogP contribution in [-0.2, 0) is 24.4 Å². The largest absolute Gasteiger partial charge is 0.493 e. The van der Waals surface area contributed by atoms with Gasteiger partial charge in [0, 0.05) is 43.9 Å². The van der Waals surface area contributed by atoms with Gasteiger partial charge in [-0.1, -0.05) is 36.4 Å². The van der Waals surface area contributed by atoms with E-state index in [1.54, 1.807) is 11.0 Å². The first-order valence-electron chi connectivity index (χ1n) is 12.6. The second kappa shape index (κ2) is 13.4. The molecule has 3 aromatic rings. The van der Waals surface area contributed by atoms with Crippen LogP contribution in [0.1, 0.15) is 47.2 Å². The Hall–Kier alpha value is -3.72. The van der Waals surface area contributed by atoms with E-state index in [0.29, 0.717) is 50.6 Å². The number of amides is 2. The summed E-state index contributed by atoms with van der Waals surface area (Å²) in [4.78, 5) is 32.0. The van der Waals surface area contributed by atoms with Crippen LogP contribution in [0.2, 0.25) is 0 Å². The van der Waals surface area contributed by atoms with Crippen LogP contribution in [0.4, 0.5) is 0 Å². The number of aromatic nitrogens is 3. The Morgan fingerprint density at radius 3 is 2.78 bits per heavy atom. The number of hydrogen-bond acceptors (Lipinski definition) is 6. The molecule has 1 aromatic heterocycles. The Bertz CT molecular complexity index is 1100. The predicted octanol–water partition coefficient (Wildman–Crippen LogP) is 2.78. The number of nitrogens with zero attached hydrogens (tertiary/aromatic N) is 4. The lowest BCUT2D eigenvalue weighted by atomic mass is 10.0. The van der Waals surface area contributed by atoms with E-state index in [-0.39, 0.29) is 18.4 Å². The van der Waals surface area contributed by atoms with Crippen molar-refractivity contribution in [3.05, 3.63) is 77.9 Å². The fraction of sp³-hybridized carbons (Fsp3) is 0.407. The quantitative estimate of drug-likeness (QED) is 0.494. The second-order valence-corrected chi connectivity index (χ2v) is 8.94. The van der Waals surface area contributed by atoms with Crippen LogP contribution in [0.15, 0.2) is 61.2 Å². The molecule has 9 nitrogen and oxygen atoms in total. The van der Waals surface area contributed by atoms with Crippen molar-refractivity contribution in [1.29, 1.82) is 0 Å². The Kier molecular flexibility index (Phi) is 9.44. The van der Waals surface area contributed by atoms with Gasteiger partial charge >= 0.3 is 0 Å². The van der Waals surface area contributed by atoms with Crippen molar-refractivity contribution in [2.45, 2.75) is 45.3 Å². The summed E-state index contributed by atoms with van der Waals surface area (Å²) >= 11 is 0. The molecule has 1 aliphatic rings. The molecule has 0 fully saturated rings. The first-order chi connectivity index (χ1) is 17.7. The summed E-state index contributed by atoms with van der Waals surface area (Å²) in [6.45, 7) is 3.66. The SMILES string of the molecule is O=C1CN(Cc2ccccc2)Cc2c(cccc2C(=O)NCCCn2cncn2)OCCCCCN1. The number of carbonyl (C=O) groups excluding carboxylic acids is 2. The van der Waals surface area contributed by atoms with Crippen LogP contribution >= 0.6 is 0 Å². The molecule has 190 valence electrons. The minimum atomic E-state index is -0.150. The molecule has 9 heteroatoms. The van der Waals surface area contributed by atoms with Crippen LogP contribution in [0.5, 0.6) is 5.75 Å². The molecule has 1 aliphatic heterocycles. The highest BCUT2D eigenvalue weighted by Crippen LogP contribution is 2.26. The van der Waals surface area contributed by atoms with Gasteiger partial charge in [0.15, 0.2) is 0 Å². The van der Waals surface area contributed by atoms with Gasteiger partial charge in [0.2, 0.25) is 5.91 Å². The zero-order valence-electron chi connectivity index (χ0n) is 20.6. The summed E-state index contributed by atoms with van der Waals surface area (Å²) in [5.41, 5.74) is 2.47.